The molecule has 2 aromatic rings. The number of esters is 1. The van der Waals surface area contributed by atoms with E-state index in [0.717, 1.165) is 22.4 Å². The summed E-state index contributed by atoms with van der Waals surface area (Å²) < 4.78 is 5.19. The number of carbonyl (C=O) groups excluding carboxylic acids is 2. The van der Waals surface area contributed by atoms with Crippen molar-refractivity contribution in [3.05, 3.63) is 59.2 Å². The van der Waals surface area contributed by atoms with Gasteiger partial charge in [0.1, 0.15) is 5.75 Å². The van der Waals surface area contributed by atoms with Gasteiger partial charge in [0.2, 0.25) is 5.91 Å². The number of hydrogen-bond acceptors (Lipinski definition) is 3. The van der Waals surface area contributed by atoms with Crippen LogP contribution in [0.15, 0.2) is 42.5 Å². The van der Waals surface area contributed by atoms with Crippen LogP contribution < -0.4 is 10.1 Å². The number of ether oxygens (including phenoxy) is 1. The Morgan fingerprint density at radius 1 is 0.870 bits per heavy atom. The van der Waals surface area contributed by atoms with Crippen LogP contribution in [0.5, 0.6) is 5.75 Å². The number of aryl methyl sites for hydroxylation is 3. The number of benzene rings is 2. The highest BCUT2D eigenvalue weighted by Crippen LogP contribution is 2.15. The molecule has 120 valence electrons. The number of amides is 1. The van der Waals surface area contributed by atoms with Crippen molar-refractivity contribution in [1.29, 1.82) is 0 Å². The molecule has 1 amide bonds. The van der Waals surface area contributed by atoms with Crippen molar-refractivity contribution in [3.8, 4) is 5.75 Å². The van der Waals surface area contributed by atoms with Crippen molar-refractivity contribution < 1.29 is 14.3 Å². The molecule has 0 spiro atoms. The van der Waals surface area contributed by atoms with E-state index in [1.807, 2.05) is 51.1 Å². The maximum absolute atomic E-state index is 11.9. The van der Waals surface area contributed by atoms with E-state index in [4.69, 9.17) is 4.74 Å². The summed E-state index contributed by atoms with van der Waals surface area (Å²) >= 11 is 0. The summed E-state index contributed by atoms with van der Waals surface area (Å²) in [6.07, 6.45) is 0.141. The summed E-state index contributed by atoms with van der Waals surface area (Å²) in [4.78, 5) is 23.7. The van der Waals surface area contributed by atoms with Gasteiger partial charge in [-0.05, 0) is 56.2 Å². The van der Waals surface area contributed by atoms with Crippen LogP contribution in [0.4, 0.5) is 5.69 Å². The lowest BCUT2D eigenvalue weighted by atomic mass is 10.1. The smallest absolute Gasteiger partial charge is 0.311 e. The molecule has 0 heterocycles. The van der Waals surface area contributed by atoms with Crippen molar-refractivity contribution in [2.75, 3.05) is 5.32 Å². The van der Waals surface area contributed by atoms with Crippen LogP contribution in [0.1, 0.15) is 29.5 Å². The van der Waals surface area contributed by atoms with Crippen molar-refractivity contribution in [2.45, 2.75) is 33.6 Å². The van der Waals surface area contributed by atoms with Crippen LogP contribution in [-0.4, -0.2) is 11.9 Å². The van der Waals surface area contributed by atoms with Crippen LogP contribution >= 0.6 is 0 Å². The minimum Gasteiger partial charge on any atom is -0.427 e. The largest absolute Gasteiger partial charge is 0.427 e. The maximum Gasteiger partial charge on any atom is 0.311 e. The number of nitrogens with one attached hydrogen (secondary N) is 1. The van der Waals surface area contributed by atoms with E-state index >= 15 is 0 Å². The summed E-state index contributed by atoms with van der Waals surface area (Å²) in [6, 6.07) is 13.1. The molecule has 0 saturated carbocycles. The molecule has 0 aliphatic rings. The lowest BCUT2D eigenvalue weighted by molar-refractivity contribution is -0.135. The van der Waals surface area contributed by atoms with E-state index in [2.05, 4.69) is 5.32 Å². The molecule has 2 rings (SSSR count). The van der Waals surface area contributed by atoms with E-state index < -0.39 is 5.97 Å². The van der Waals surface area contributed by atoms with Gasteiger partial charge in [-0.1, -0.05) is 23.8 Å². The monoisotopic (exact) mass is 311 g/mol. The van der Waals surface area contributed by atoms with E-state index in [1.54, 1.807) is 12.1 Å². The minimum atomic E-state index is -0.413. The summed E-state index contributed by atoms with van der Waals surface area (Å²) in [5.41, 5.74) is 4.01. The predicted molar refractivity (Wildman–Crippen MR) is 90.6 cm³/mol. The van der Waals surface area contributed by atoms with Gasteiger partial charge in [0, 0.05) is 12.1 Å². The molecule has 0 atom stereocenters. The van der Waals surface area contributed by atoms with Gasteiger partial charge in [0.25, 0.3) is 0 Å². The third-order valence-electron chi connectivity index (χ3n) is 3.31. The molecule has 0 radical (unpaired) electrons. The van der Waals surface area contributed by atoms with Crippen LogP contribution in [0.3, 0.4) is 0 Å². The lowest BCUT2D eigenvalue weighted by Gasteiger charge is -2.08. The molecule has 0 aromatic heterocycles. The highest BCUT2D eigenvalue weighted by Gasteiger charge is 2.10. The fourth-order valence-corrected chi connectivity index (χ4v) is 2.27. The molecule has 2 aromatic carbocycles. The summed E-state index contributed by atoms with van der Waals surface area (Å²) in [5.74, 6) is -0.115. The predicted octanol–water partition coefficient (Wildman–Crippen LogP) is 3.94. The van der Waals surface area contributed by atoms with Gasteiger partial charge in [-0.2, -0.15) is 0 Å². The third kappa shape index (κ3) is 5.58. The molecule has 4 nitrogen and oxygen atoms in total. The van der Waals surface area contributed by atoms with Crippen LogP contribution in [0.2, 0.25) is 0 Å². The Morgan fingerprint density at radius 3 is 2.09 bits per heavy atom. The second-order valence-corrected chi connectivity index (χ2v) is 5.71. The quantitative estimate of drug-likeness (QED) is 0.672. The Hall–Kier alpha value is -2.62. The summed E-state index contributed by atoms with van der Waals surface area (Å²) in [7, 11) is 0. The topological polar surface area (TPSA) is 55.4 Å². The van der Waals surface area contributed by atoms with Crippen molar-refractivity contribution in [1.82, 2.24) is 0 Å². The molecular weight excluding hydrogens is 290 g/mol. The molecule has 4 heteroatoms. The zero-order valence-electron chi connectivity index (χ0n) is 13.7. The van der Waals surface area contributed by atoms with Gasteiger partial charge < -0.3 is 10.1 Å². The Kier molecular flexibility index (Phi) is 5.52. The van der Waals surface area contributed by atoms with Crippen molar-refractivity contribution in [3.63, 3.8) is 0 Å². The Balaban J connectivity index is 1.81. The normalized spacial score (nSPS) is 10.2. The fraction of sp³-hybridized carbons (Fsp3) is 0.263. The van der Waals surface area contributed by atoms with Crippen LogP contribution in [-0.2, 0) is 9.59 Å². The molecule has 0 unspecified atom stereocenters. The van der Waals surface area contributed by atoms with E-state index in [1.165, 1.54) is 0 Å². The minimum absolute atomic E-state index is 0.0461. The summed E-state index contributed by atoms with van der Waals surface area (Å²) in [5, 5.41) is 2.80. The molecule has 0 saturated heterocycles. The Labute approximate surface area is 136 Å². The van der Waals surface area contributed by atoms with Gasteiger partial charge in [0.05, 0.1) is 6.42 Å². The van der Waals surface area contributed by atoms with E-state index in [0.29, 0.717) is 5.75 Å². The molecule has 0 aliphatic carbocycles. The van der Waals surface area contributed by atoms with Crippen LogP contribution in [0.25, 0.3) is 0 Å². The summed E-state index contributed by atoms with van der Waals surface area (Å²) in [6.45, 7) is 5.91. The number of carbonyl (C=O) groups is 2. The Bertz CT molecular complexity index is 685. The SMILES string of the molecule is Cc1ccc(OC(=O)CCC(=O)Nc2cc(C)cc(C)c2)cc1. The van der Waals surface area contributed by atoms with Crippen molar-refractivity contribution >= 4 is 17.6 Å². The first-order valence-corrected chi connectivity index (χ1v) is 7.58. The highest BCUT2D eigenvalue weighted by molar-refractivity contribution is 5.92. The van der Waals surface area contributed by atoms with Gasteiger partial charge in [-0.15, -0.1) is 0 Å². The van der Waals surface area contributed by atoms with E-state index in [-0.39, 0.29) is 18.7 Å². The Morgan fingerprint density at radius 2 is 1.48 bits per heavy atom. The average molecular weight is 311 g/mol. The average Bonchev–Trinajstić information content (AvgIpc) is 2.46. The molecule has 0 fully saturated rings. The van der Waals surface area contributed by atoms with Gasteiger partial charge in [-0.3, -0.25) is 9.59 Å². The first-order chi connectivity index (χ1) is 10.9. The lowest BCUT2D eigenvalue weighted by Crippen LogP contribution is -2.16. The number of anilines is 1. The highest BCUT2D eigenvalue weighted by atomic mass is 16.5. The molecule has 0 bridgehead atoms. The molecule has 23 heavy (non-hydrogen) atoms. The third-order valence-corrected chi connectivity index (χ3v) is 3.31. The van der Waals surface area contributed by atoms with Gasteiger partial charge >= 0.3 is 5.97 Å². The maximum atomic E-state index is 11.9. The molecule has 1 N–H and O–H groups in total. The van der Waals surface area contributed by atoms with Crippen LogP contribution in [0, 0.1) is 20.8 Å². The standard InChI is InChI=1S/C19H21NO3/c1-13-4-6-17(7-5-13)23-19(22)9-8-18(21)20-16-11-14(2)10-15(3)12-16/h4-7,10-12H,8-9H2,1-3H3,(H,20,21). The molecule has 0 aliphatic heterocycles. The second kappa shape index (κ2) is 7.58. The zero-order valence-corrected chi connectivity index (χ0v) is 13.7. The second-order valence-electron chi connectivity index (χ2n) is 5.71. The van der Waals surface area contributed by atoms with E-state index in [9.17, 15) is 9.59 Å². The number of rotatable bonds is 5. The first-order valence-electron chi connectivity index (χ1n) is 7.58. The fourth-order valence-electron chi connectivity index (χ4n) is 2.27. The van der Waals surface area contributed by atoms with Crippen molar-refractivity contribution in [2.24, 2.45) is 0 Å². The molecular formula is C19H21NO3. The zero-order chi connectivity index (χ0) is 16.8. The number of hydrogen-bond donors (Lipinski definition) is 1. The first kappa shape index (κ1) is 16.7. The van der Waals surface area contributed by atoms with Gasteiger partial charge in [-0.25, -0.2) is 0 Å². The van der Waals surface area contributed by atoms with Gasteiger partial charge in [0.15, 0.2) is 0 Å².